The molecular formula is C19H22N2O3. The van der Waals surface area contributed by atoms with E-state index in [4.69, 9.17) is 4.74 Å². The smallest absolute Gasteiger partial charge is 0.410 e. The van der Waals surface area contributed by atoms with Crippen LogP contribution in [0, 0.1) is 6.92 Å². The molecule has 1 saturated heterocycles. The molecule has 24 heavy (non-hydrogen) atoms. The van der Waals surface area contributed by atoms with Crippen LogP contribution in [0.4, 0.5) is 4.79 Å². The van der Waals surface area contributed by atoms with Crippen LogP contribution in [-0.4, -0.2) is 22.5 Å². The Morgan fingerprint density at radius 1 is 1.21 bits per heavy atom. The van der Waals surface area contributed by atoms with Crippen molar-refractivity contribution in [3.8, 4) is 0 Å². The Bertz CT molecular complexity index is 755. The van der Waals surface area contributed by atoms with Crippen LogP contribution in [0.2, 0.25) is 0 Å². The molecule has 3 rings (SSSR count). The lowest BCUT2D eigenvalue weighted by Gasteiger charge is -2.35. The number of nitrogens with one attached hydrogen (secondary N) is 1. The third-order valence-corrected chi connectivity index (χ3v) is 4.46. The summed E-state index contributed by atoms with van der Waals surface area (Å²) in [6.07, 6.45) is 2.62. The number of aromatic nitrogens is 1. The van der Waals surface area contributed by atoms with Crippen LogP contribution in [0.15, 0.2) is 47.3 Å². The Morgan fingerprint density at radius 3 is 2.75 bits per heavy atom. The van der Waals surface area contributed by atoms with Crippen molar-refractivity contribution in [2.45, 2.75) is 38.8 Å². The number of hydrogen-bond donors (Lipinski definition) is 1. The molecule has 1 fully saturated rings. The van der Waals surface area contributed by atoms with E-state index in [2.05, 4.69) is 4.98 Å². The van der Waals surface area contributed by atoms with Crippen LogP contribution in [-0.2, 0) is 11.3 Å². The second-order valence-electron chi connectivity index (χ2n) is 6.15. The maximum absolute atomic E-state index is 12.6. The van der Waals surface area contributed by atoms with Gasteiger partial charge >= 0.3 is 6.09 Å². The molecule has 1 N–H and O–H groups in total. The number of aromatic amines is 1. The van der Waals surface area contributed by atoms with Gasteiger partial charge in [-0.15, -0.1) is 0 Å². The third kappa shape index (κ3) is 3.67. The molecule has 0 saturated carbocycles. The van der Waals surface area contributed by atoms with Crippen LogP contribution in [0.25, 0.3) is 0 Å². The molecule has 1 aromatic carbocycles. The highest BCUT2D eigenvalue weighted by Gasteiger charge is 2.30. The van der Waals surface area contributed by atoms with Gasteiger partial charge in [-0.2, -0.15) is 0 Å². The van der Waals surface area contributed by atoms with E-state index >= 15 is 0 Å². The van der Waals surface area contributed by atoms with Crippen molar-refractivity contribution in [3.05, 3.63) is 69.6 Å². The van der Waals surface area contributed by atoms with E-state index in [1.807, 2.05) is 43.3 Å². The molecule has 0 unspecified atom stereocenters. The number of aryl methyl sites for hydroxylation is 1. The van der Waals surface area contributed by atoms with E-state index in [-0.39, 0.29) is 24.3 Å². The van der Waals surface area contributed by atoms with Crippen molar-refractivity contribution in [2.24, 2.45) is 0 Å². The predicted octanol–water partition coefficient (Wildman–Crippen LogP) is 3.55. The van der Waals surface area contributed by atoms with Gasteiger partial charge in [-0.05, 0) is 43.4 Å². The minimum Gasteiger partial charge on any atom is -0.445 e. The third-order valence-electron chi connectivity index (χ3n) is 4.46. The fourth-order valence-corrected chi connectivity index (χ4v) is 3.23. The molecule has 1 aliphatic heterocycles. The monoisotopic (exact) mass is 326 g/mol. The first-order valence-corrected chi connectivity index (χ1v) is 8.32. The quantitative estimate of drug-likeness (QED) is 0.938. The molecule has 1 amide bonds. The predicted molar refractivity (Wildman–Crippen MR) is 91.7 cm³/mol. The second kappa shape index (κ2) is 7.34. The summed E-state index contributed by atoms with van der Waals surface area (Å²) in [6.45, 7) is 2.82. The van der Waals surface area contributed by atoms with Gasteiger partial charge in [0.25, 0.3) is 0 Å². The maximum Gasteiger partial charge on any atom is 0.410 e. The van der Waals surface area contributed by atoms with E-state index in [0.717, 1.165) is 36.1 Å². The Balaban J connectivity index is 1.74. The molecular weight excluding hydrogens is 304 g/mol. The van der Waals surface area contributed by atoms with Crippen LogP contribution >= 0.6 is 0 Å². The largest absolute Gasteiger partial charge is 0.445 e. The van der Waals surface area contributed by atoms with Crippen molar-refractivity contribution in [1.82, 2.24) is 9.88 Å². The standard InChI is InChI=1S/C19H22N2O3/c1-14-16(10-11-18(22)20-14)17-9-5-6-12-21(17)19(23)24-13-15-7-3-2-4-8-15/h2-4,7-8,10-11,17H,5-6,9,12-13H2,1H3,(H,20,22)/t17-/m1/s1. The number of ether oxygens (including phenoxy) is 1. The van der Waals surface area contributed by atoms with E-state index in [9.17, 15) is 9.59 Å². The molecule has 1 aromatic heterocycles. The average Bonchev–Trinajstić information content (AvgIpc) is 2.61. The van der Waals surface area contributed by atoms with Gasteiger partial charge in [0, 0.05) is 18.3 Å². The van der Waals surface area contributed by atoms with E-state index in [1.54, 1.807) is 4.90 Å². The Kier molecular flexibility index (Phi) is 4.99. The van der Waals surface area contributed by atoms with Crippen LogP contribution in [0.1, 0.15) is 42.1 Å². The summed E-state index contributed by atoms with van der Waals surface area (Å²) in [5.41, 5.74) is 2.66. The highest BCUT2D eigenvalue weighted by Crippen LogP contribution is 2.32. The molecule has 126 valence electrons. The minimum atomic E-state index is -0.297. The number of carbonyl (C=O) groups is 1. The maximum atomic E-state index is 12.6. The van der Waals surface area contributed by atoms with Crippen LogP contribution in [0.3, 0.4) is 0 Å². The summed E-state index contributed by atoms with van der Waals surface area (Å²) in [6, 6.07) is 13.0. The van der Waals surface area contributed by atoms with Crippen LogP contribution < -0.4 is 5.56 Å². The fourth-order valence-electron chi connectivity index (χ4n) is 3.23. The Morgan fingerprint density at radius 2 is 2.00 bits per heavy atom. The first-order valence-electron chi connectivity index (χ1n) is 8.32. The van der Waals surface area contributed by atoms with Crippen molar-refractivity contribution in [3.63, 3.8) is 0 Å². The molecule has 0 bridgehead atoms. The molecule has 1 aliphatic rings. The summed E-state index contributed by atoms with van der Waals surface area (Å²) in [7, 11) is 0. The number of hydrogen-bond acceptors (Lipinski definition) is 3. The second-order valence-corrected chi connectivity index (χ2v) is 6.15. The van der Waals surface area contributed by atoms with Gasteiger partial charge in [0.15, 0.2) is 0 Å². The van der Waals surface area contributed by atoms with Gasteiger partial charge in [0.2, 0.25) is 5.56 Å². The first kappa shape index (κ1) is 16.3. The van der Waals surface area contributed by atoms with Crippen molar-refractivity contribution >= 4 is 6.09 Å². The number of benzene rings is 1. The summed E-state index contributed by atoms with van der Waals surface area (Å²) in [5, 5.41) is 0. The number of amides is 1. The van der Waals surface area contributed by atoms with Crippen molar-refractivity contribution < 1.29 is 9.53 Å². The number of pyridine rings is 1. The molecule has 5 heteroatoms. The summed E-state index contributed by atoms with van der Waals surface area (Å²) in [4.78, 5) is 28.6. The normalized spacial score (nSPS) is 17.5. The van der Waals surface area contributed by atoms with Gasteiger partial charge in [0.05, 0.1) is 6.04 Å². The lowest BCUT2D eigenvalue weighted by atomic mass is 9.95. The molecule has 0 aliphatic carbocycles. The van der Waals surface area contributed by atoms with Crippen LogP contribution in [0.5, 0.6) is 0 Å². The lowest BCUT2D eigenvalue weighted by molar-refractivity contribution is 0.0677. The summed E-state index contributed by atoms with van der Waals surface area (Å²) in [5.74, 6) is 0. The average molecular weight is 326 g/mol. The zero-order valence-corrected chi connectivity index (χ0v) is 13.8. The Labute approximate surface area is 141 Å². The summed E-state index contributed by atoms with van der Waals surface area (Å²) >= 11 is 0. The van der Waals surface area contributed by atoms with Gasteiger partial charge in [0.1, 0.15) is 6.61 Å². The zero-order valence-electron chi connectivity index (χ0n) is 13.8. The molecule has 2 heterocycles. The molecule has 0 radical (unpaired) electrons. The number of H-pyrrole nitrogens is 1. The van der Waals surface area contributed by atoms with Gasteiger partial charge in [-0.1, -0.05) is 30.3 Å². The van der Waals surface area contributed by atoms with E-state index in [0.29, 0.717) is 6.54 Å². The highest BCUT2D eigenvalue weighted by atomic mass is 16.6. The Hall–Kier alpha value is -2.56. The van der Waals surface area contributed by atoms with Gasteiger partial charge < -0.3 is 14.6 Å². The van der Waals surface area contributed by atoms with E-state index in [1.165, 1.54) is 6.07 Å². The molecule has 0 spiro atoms. The number of carbonyl (C=O) groups excluding carboxylic acids is 1. The summed E-state index contributed by atoms with van der Waals surface area (Å²) < 4.78 is 5.50. The highest BCUT2D eigenvalue weighted by molar-refractivity contribution is 5.68. The SMILES string of the molecule is Cc1[nH]c(=O)ccc1[C@H]1CCCCN1C(=O)OCc1ccccc1. The number of piperidine rings is 1. The topological polar surface area (TPSA) is 62.4 Å². The molecule has 1 atom stereocenters. The number of likely N-dealkylation sites (tertiary alicyclic amines) is 1. The van der Waals surface area contributed by atoms with Crippen molar-refractivity contribution in [1.29, 1.82) is 0 Å². The van der Waals surface area contributed by atoms with Crippen molar-refractivity contribution in [2.75, 3.05) is 6.54 Å². The number of rotatable bonds is 3. The number of nitrogens with zero attached hydrogens (tertiary/aromatic N) is 1. The molecule has 5 nitrogen and oxygen atoms in total. The zero-order chi connectivity index (χ0) is 16.9. The lowest BCUT2D eigenvalue weighted by Crippen LogP contribution is -2.39. The first-order chi connectivity index (χ1) is 11.6. The van der Waals surface area contributed by atoms with E-state index < -0.39 is 0 Å². The minimum absolute atomic E-state index is 0.0427. The fraction of sp³-hybridized carbons (Fsp3) is 0.368. The molecule has 2 aromatic rings. The van der Waals surface area contributed by atoms with Gasteiger partial charge in [-0.3, -0.25) is 4.79 Å². The van der Waals surface area contributed by atoms with Gasteiger partial charge in [-0.25, -0.2) is 4.79 Å².